The van der Waals surface area contributed by atoms with Gasteiger partial charge in [-0.1, -0.05) is 5.16 Å². The Balaban J connectivity index is 1.55. The molecule has 1 fully saturated rings. The number of carbonyl (C=O) groups is 1. The molecule has 0 radical (unpaired) electrons. The standard InChI is InChI=1S/C15H17N5O4/c1-11-16-14(17-24-11)10-15(21)19-8-6-18(7-9-19)12-2-4-13(5-3-12)20(22)23/h2-5H,6-10H2,1H3. The molecule has 9 nitrogen and oxygen atoms in total. The Kier molecular flexibility index (Phi) is 4.41. The molecule has 1 aromatic carbocycles. The molecule has 0 unspecified atom stereocenters. The van der Waals surface area contributed by atoms with Crippen molar-refractivity contribution in [2.75, 3.05) is 31.1 Å². The number of benzene rings is 1. The first-order valence-corrected chi connectivity index (χ1v) is 7.59. The summed E-state index contributed by atoms with van der Waals surface area (Å²) in [5.74, 6) is 0.815. The monoisotopic (exact) mass is 331 g/mol. The van der Waals surface area contributed by atoms with Crippen LogP contribution < -0.4 is 4.90 Å². The summed E-state index contributed by atoms with van der Waals surface area (Å²) in [5, 5.41) is 14.4. The molecule has 2 heterocycles. The zero-order valence-electron chi connectivity index (χ0n) is 13.2. The minimum atomic E-state index is -0.417. The first-order chi connectivity index (χ1) is 11.5. The van der Waals surface area contributed by atoms with Gasteiger partial charge in [-0.3, -0.25) is 14.9 Å². The first-order valence-electron chi connectivity index (χ1n) is 7.59. The SMILES string of the molecule is Cc1nc(CC(=O)N2CCN(c3ccc([N+](=O)[O-])cc3)CC2)no1. The fraction of sp³-hybridized carbons (Fsp3) is 0.400. The second-order valence-electron chi connectivity index (χ2n) is 5.55. The molecule has 24 heavy (non-hydrogen) atoms. The predicted molar refractivity (Wildman–Crippen MR) is 84.6 cm³/mol. The molecule has 9 heteroatoms. The van der Waals surface area contributed by atoms with Gasteiger partial charge in [-0.2, -0.15) is 4.98 Å². The maximum Gasteiger partial charge on any atom is 0.269 e. The van der Waals surface area contributed by atoms with Crippen molar-refractivity contribution in [2.45, 2.75) is 13.3 Å². The van der Waals surface area contributed by atoms with Gasteiger partial charge in [0.25, 0.3) is 5.69 Å². The van der Waals surface area contributed by atoms with E-state index in [2.05, 4.69) is 15.0 Å². The number of non-ortho nitro benzene ring substituents is 1. The average molecular weight is 331 g/mol. The van der Waals surface area contributed by atoms with Gasteiger partial charge in [-0.25, -0.2) is 0 Å². The number of anilines is 1. The maximum atomic E-state index is 12.3. The van der Waals surface area contributed by atoms with Crippen molar-refractivity contribution in [2.24, 2.45) is 0 Å². The quantitative estimate of drug-likeness (QED) is 0.611. The number of aromatic nitrogens is 2. The van der Waals surface area contributed by atoms with Crippen LogP contribution in [0.3, 0.4) is 0 Å². The minimum Gasteiger partial charge on any atom is -0.368 e. The van der Waals surface area contributed by atoms with Gasteiger partial charge < -0.3 is 14.3 Å². The molecule has 2 aromatic rings. The van der Waals surface area contributed by atoms with Crippen LogP contribution in [0.4, 0.5) is 11.4 Å². The molecule has 0 bridgehead atoms. The van der Waals surface area contributed by atoms with Gasteiger partial charge in [-0.15, -0.1) is 0 Å². The summed E-state index contributed by atoms with van der Waals surface area (Å²) in [6.07, 6.45) is 0.134. The van der Waals surface area contributed by atoms with E-state index in [-0.39, 0.29) is 18.0 Å². The summed E-state index contributed by atoms with van der Waals surface area (Å²) in [4.78, 5) is 30.4. The van der Waals surface area contributed by atoms with E-state index in [9.17, 15) is 14.9 Å². The van der Waals surface area contributed by atoms with Gasteiger partial charge >= 0.3 is 0 Å². The van der Waals surface area contributed by atoms with Crippen LogP contribution in [0.1, 0.15) is 11.7 Å². The second-order valence-corrected chi connectivity index (χ2v) is 5.55. The molecule has 1 aromatic heterocycles. The van der Waals surface area contributed by atoms with E-state index >= 15 is 0 Å². The molecule has 1 amide bonds. The van der Waals surface area contributed by atoms with Crippen LogP contribution in [0, 0.1) is 17.0 Å². The van der Waals surface area contributed by atoms with Gasteiger partial charge in [-0.05, 0) is 12.1 Å². The van der Waals surface area contributed by atoms with Crippen molar-refractivity contribution in [3.63, 3.8) is 0 Å². The van der Waals surface area contributed by atoms with Crippen molar-refractivity contribution in [3.8, 4) is 0 Å². The lowest BCUT2D eigenvalue weighted by molar-refractivity contribution is -0.384. The van der Waals surface area contributed by atoms with Crippen LogP contribution >= 0.6 is 0 Å². The Bertz CT molecular complexity index is 735. The molecular formula is C15H17N5O4. The number of nitro benzene ring substituents is 1. The number of carbonyl (C=O) groups excluding carboxylic acids is 1. The number of amides is 1. The molecule has 1 aliphatic heterocycles. The third-order valence-corrected chi connectivity index (χ3v) is 3.94. The number of hydrogen-bond acceptors (Lipinski definition) is 7. The van der Waals surface area contributed by atoms with Crippen molar-refractivity contribution >= 4 is 17.3 Å². The third-order valence-electron chi connectivity index (χ3n) is 3.94. The zero-order chi connectivity index (χ0) is 17.1. The number of piperazine rings is 1. The lowest BCUT2D eigenvalue weighted by Gasteiger charge is -2.36. The van der Waals surface area contributed by atoms with Crippen LogP contribution in [-0.4, -0.2) is 52.1 Å². The van der Waals surface area contributed by atoms with Gasteiger partial charge in [0.15, 0.2) is 5.82 Å². The molecule has 0 N–H and O–H groups in total. The van der Waals surface area contributed by atoms with Crippen molar-refractivity contribution in [3.05, 3.63) is 46.1 Å². The highest BCUT2D eigenvalue weighted by Gasteiger charge is 2.23. The number of nitro groups is 1. The molecule has 0 spiro atoms. The van der Waals surface area contributed by atoms with Crippen LogP contribution in [0.2, 0.25) is 0 Å². The molecular weight excluding hydrogens is 314 g/mol. The highest BCUT2D eigenvalue weighted by molar-refractivity contribution is 5.78. The molecule has 0 atom stereocenters. The van der Waals surface area contributed by atoms with Gasteiger partial charge in [0, 0.05) is 50.9 Å². The van der Waals surface area contributed by atoms with E-state index < -0.39 is 4.92 Å². The second kappa shape index (κ2) is 6.65. The average Bonchev–Trinajstić information content (AvgIpc) is 3.00. The number of aryl methyl sites for hydroxylation is 1. The predicted octanol–water partition coefficient (Wildman–Crippen LogP) is 1.18. The summed E-state index contributed by atoms with van der Waals surface area (Å²) in [7, 11) is 0. The van der Waals surface area contributed by atoms with E-state index in [4.69, 9.17) is 4.52 Å². The van der Waals surface area contributed by atoms with E-state index in [1.54, 1.807) is 24.0 Å². The molecule has 0 aliphatic carbocycles. The zero-order valence-corrected chi connectivity index (χ0v) is 13.2. The van der Waals surface area contributed by atoms with E-state index in [1.165, 1.54) is 12.1 Å². The lowest BCUT2D eigenvalue weighted by atomic mass is 10.2. The van der Waals surface area contributed by atoms with E-state index in [1.807, 2.05) is 0 Å². The van der Waals surface area contributed by atoms with Crippen molar-refractivity contribution in [1.29, 1.82) is 0 Å². The molecule has 126 valence electrons. The van der Waals surface area contributed by atoms with E-state index in [0.29, 0.717) is 37.9 Å². The van der Waals surface area contributed by atoms with Crippen LogP contribution in [-0.2, 0) is 11.2 Å². The summed E-state index contributed by atoms with van der Waals surface area (Å²) in [6, 6.07) is 6.45. The molecule has 1 aliphatic rings. The lowest BCUT2D eigenvalue weighted by Crippen LogP contribution is -2.49. The number of nitrogens with zero attached hydrogens (tertiary/aromatic N) is 5. The van der Waals surface area contributed by atoms with E-state index in [0.717, 1.165) is 5.69 Å². The topological polar surface area (TPSA) is 106 Å². The fourth-order valence-corrected chi connectivity index (χ4v) is 2.66. The van der Waals surface area contributed by atoms with Gasteiger partial charge in [0.1, 0.15) is 0 Å². The third kappa shape index (κ3) is 3.50. The number of rotatable bonds is 4. The Morgan fingerprint density at radius 2 is 1.92 bits per heavy atom. The number of hydrogen-bond donors (Lipinski definition) is 0. The Morgan fingerprint density at radius 1 is 1.25 bits per heavy atom. The molecule has 0 saturated carbocycles. The normalized spacial score (nSPS) is 14.7. The Labute approximate surface area is 138 Å². The molecule has 1 saturated heterocycles. The van der Waals surface area contributed by atoms with Crippen LogP contribution in [0.5, 0.6) is 0 Å². The summed E-state index contributed by atoms with van der Waals surface area (Å²) < 4.78 is 4.87. The largest absolute Gasteiger partial charge is 0.368 e. The van der Waals surface area contributed by atoms with Crippen molar-refractivity contribution in [1.82, 2.24) is 15.0 Å². The maximum absolute atomic E-state index is 12.3. The summed E-state index contributed by atoms with van der Waals surface area (Å²) in [6.45, 7) is 4.22. The molecule has 3 rings (SSSR count). The van der Waals surface area contributed by atoms with Crippen LogP contribution in [0.25, 0.3) is 0 Å². The smallest absolute Gasteiger partial charge is 0.269 e. The first kappa shape index (κ1) is 15.9. The minimum absolute atomic E-state index is 0.0286. The fourth-order valence-electron chi connectivity index (χ4n) is 2.66. The van der Waals surface area contributed by atoms with Gasteiger partial charge in [0.05, 0.1) is 11.3 Å². The highest BCUT2D eigenvalue weighted by Crippen LogP contribution is 2.20. The Hall–Kier alpha value is -2.97. The van der Waals surface area contributed by atoms with Crippen LogP contribution in [0.15, 0.2) is 28.8 Å². The van der Waals surface area contributed by atoms with Crippen molar-refractivity contribution < 1.29 is 14.2 Å². The van der Waals surface area contributed by atoms with Gasteiger partial charge in [0.2, 0.25) is 11.8 Å². The summed E-state index contributed by atoms with van der Waals surface area (Å²) in [5.41, 5.74) is 0.990. The summed E-state index contributed by atoms with van der Waals surface area (Å²) >= 11 is 0. The Morgan fingerprint density at radius 3 is 2.46 bits per heavy atom. The highest BCUT2D eigenvalue weighted by atomic mass is 16.6.